The van der Waals surface area contributed by atoms with Crippen LogP contribution in [0.5, 0.6) is 0 Å². The molecule has 2 aromatic carbocycles. The first kappa shape index (κ1) is 20.5. The number of aryl methyl sites for hydroxylation is 2. The first-order valence-electron chi connectivity index (χ1n) is 9.44. The number of halogens is 1. The van der Waals surface area contributed by atoms with E-state index in [2.05, 4.69) is 11.1 Å². The molecule has 2 aromatic heterocycles. The van der Waals surface area contributed by atoms with Crippen molar-refractivity contribution in [1.82, 2.24) is 18.7 Å². The highest BCUT2D eigenvalue weighted by Crippen LogP contribution is 2.26. The Labute approximate surface area is 182 Å². The number of hydrogen-bond acceptors (Lipinski definition) is 4. The molecule has 0 saturated carbocycles. The molecule has 0 unspecified atom stereocenters. The highest BCUT2D eigenvalue weighted by Gasteiger charge is 2.19. The number of benzene rings is 2. The van der Waals surface area contributed by atoms with Crippen LogP contribution in [0, 0.1) is 6.92 Å². The van der Waals surface area contributed by atoms with Gasteiger partial charge in [-0.25, -0.2) is 9.78 Å². The summed E-state index contributed by atoms with van der Waals surface area (Å²) < 4.78 is 4.46. The molecule has 0 radical (unpaired) electrons. The zero-order valence-electron chi connectivity index (χ0n) is 16.9. The Kier molecular flexibility index (Phi) is 5.58. The molecule has 0 bridgehead atoms. The smallest absolute Gasteiger partial charge is 0.309 e. The van der Waals surface area contributed by atoms with E-state index in [0.717, 1.165) is 21.3 Å². The third kappa shape index (κ3) is 3.82. The predicted molar refractivity (Wildman–Crippen MR) is 122 cm³/mol. The van der Waals surface area contributed by atoms with Gasteiger partial charge in [-0.05, 0) is 30.2 Å². The Morgan fingerprint density at radius 2 is 1.73 bits per heavy atom. The zero-order valence-corrected chi connectivity index (χ0v) is 18.5. The second-order valence-corrected chi connectivity index (χ2v) is 8.64. The van der Waals surface area contributed by atoms with Gasteiger partial charge in [-0.1, -0.05) is 65.3 Å². The van der Waals surface area contributed by atoms with Crippen molar-refractivity contribution in [2.24, 2.45) is 14.1 Å². The van der Waals surface area contributed by atoms with Gasteiger partial charge >= 0.3 is 5.69 Å². The first-order valence-corrected chi connectivity index (χ1v) is 10.8. The lowest BCUT2D eigenvalue weighted by Crippen LogP contribution is -2.37. The average molecular weight is 441 g/mol. The molecule has 4 aromatic rings. The molecule has 0 fully saturated rings. The Morgan fingerprint density at radius 1 is 1.00 bits per heavy atom. The van der Waals surface area contributed by atoms with Gasteiger partial charge < -0.3 is 4.57 Å². The topological polar surface area (TPSA) is 61.8 Å². The second kappa shape index (κ2) is 8.16. The van der Waals surface area contributed by atoms with Gasteiger partial charge in [-0.2, -0.15) is 0 Å². The van der Waals surface area contributed by atoms with Crippen LogP contribution < -0.4 is 11.2 Å². The van der Waals surface area contributed by atoms with Crippen LogP contribution in [0.4, 0.5) is 0 Å². The third-order valence-corrected chi connectivity index (χ3v) is 6.32. The second-order valence-electron chi connectivity index (χ2n) is 7.26. The normalized spacial score (nSPS) is 11.3. The molecular formula is C22H21ClN4O2S. The Morgan fingerprint density at radius 3 is 2.43 bits per heavy atom. The van der Waals surface area contributed by atoms with Crippen molar-refractivity contribution in [2.75, 3.05) is 0 Å². The molecule has 0 spiro atoms. The lowest BCUT2D eigenvalue weighted by Gasteiger charge is -2.10. The van der Waals surface area contributed by atoms with Gasteiger partial charge in [0.05, 0.1) is 6.54 Å². The standard InChI is InChI=1S/C22H21ClN4O2S/c1-14-5-4-6-16(11-14)12-27-18-19(25(2)22(29)26(3)20(18)28)24-21(27)30-13-15-7-9-17(23)10-8-15/h4-11H,12-13H2,1-3H3. The van der Waals surface area contributed by atoms with Gasteiger partial charge in [-0.15, -0.1) is 0 Å². The number of nitrogens with zero attached hydrogens (tertiary/aromatic N) is 4. The number of rotatable bonds is 5. The highest BCUT2D eigenvalue weighted by atomic mass is 35.5. The molecule has 30 heavy (non-hydrogen) atoms. The number of imidazole rings is 1. The fourth-order valence-corrected chi connectivity index (χ4v) is 4.48. The summed E-state index contributed by atoms with van der Waals surface area (Å²) >= 11 is 7.51. The molecule has 0 atom stereocenters. The number of fused-ring (bicyclic) bond motifs is 1. The van der Waals surface area contributed by atoms with Crippen LogP contribution in [0.3, 0.4) is 0 Å². The largest absolute Gasteiger partial charge is 0.332 e. The lowest BCUT2D eigenvalue weighted by molar-refractivity contribution is 0.696. The molecule has 0 aliphatic rings. The molecule has 0 saturated heterocycles. The van der Waals surface area contributed by atoms with Crippen molar-refractivity contribution < 1.29 is 0 Å². The van der Waals surface area contributed by atoms with E-state index < -0.39 is 0 Å². The van der Waals surface area contributed by atoms with Crippen LogP contribution in [0.25, 0.3) is 11.2 Å². The number of hydrogen-bond donors (Lipinski definition) is 0. The summed E-state index contributed by atoms with van der Waals surface area (Å²) in [5, 5.41) is 1.38. The van der Waals surface area contributed by atoms with E-state index >= 15 is 0 Å². The van der Waals surface area contributed by atoms with Gasteiger partial charge in [0.1, 0.15) is 0 Å². The molecule has 0 N–H and O–H groups in total. The van der Waals surface area contributed by atoms with Gasteiger partial charge in [0.15, 0.2) is 16.3 Å². The van der Waals surface area contributed by atoms with Crippen LogP contribution >= 0.6 is 23.4 Å². The van der Waals surface area contributed by atoms with Crippen molar-refractivity contribution >= 4 is 34.5 Å². The summed E-state index contributed by atoms with van der Waals surface area (Å²) in [5.41, 5.74) is 3.41. The monoisotopic (exact) mass is 440 g/mol. The maximum absolute atomic E-state index is 13.0. The predicted octanol–water partition coefficient (Wildman–Crippen LogP) is 3.74. The van der Waals surface area contributed by atoms with E-state index in [-0.39, 0.29) is 11.2 Å². The van der Waals surface area contributed by atoms with E-state index in [0.29, 0.717) is 33.6 Å². The minimum Gasteiger partial charge on any atom is -0.309 e. The summed E-state index contributed by atoms with van der Waals surface area (Å²) in [6, 6.07) is 15.8. The quantitative estimate of drug-likeness (QED) is 0.443. The van der Waals surface area contributed by atoms with Crippen LogP contribution in [0.15, 0.2) is 63.3 Å². The van der Waals surface area contributed by atoms with Crippen molar-refractivity contribution in [3.63, 3.8) is 0 Å². The number of aromatic nitrogens is 4. The lowest BCUT2D eigenvalue weighted by atomic mass is 10.1. The Bertz CT molecular complexity index is 1350. The molecular weight excluding hydrogens is 420 g/mol. The highest BCUT2D eigenvalue weighted by molar-refractivity contribution is 7.98. The molecule has 6 nitrogen and oxygen atoms in total. The molecule has 0 aliphatic heterocycles. The van der Waals surface area contributed by atoms with Crippen molar-refractivity contribution in [2.45, 2.75) is 24.4 Å². The Hall–Kier alpha value is -2.77. The van der Waals surface area contributed by atoms with E-state index in [1.54, 1.807) is 7.05 Å². The van der Waals surface area contributed by atoms with Crippen molar-refractivity contribution in [3.8, 4) is 0 Å². The van der Waals surface area contributed by atoms with Crippen molar-refractivity contribution in [1.29, 1.82) is 0 Å². The van der Waals surface area contributed by atoms with E-state index in [9.17, 15) is 9.59 Å². The first-order chi connectivity index (χ1) is 14.3. The maximum atomic E-state index is 13.0. The van der Waals surface area contributed by atoms with E-state index in [1.165, 1.54) is 23.4 Å². The van der Waals surface area contributed by atoms with Crippen LogP contribution in [-0.4, -0.2) is 18.7 Å². The van der Waals surface area contributed by atoms with Crippen LogP contribution in [0.1, 0.15) is 16.7 Å². The van der Waals surface area contributed by atoms with Gasteiger partial charge in [0.2, 0.25) is 0 Å². The fourth-order valence-electron chi connectivity index (χ4n) is 3.40. The minimum absolute atomic E-state index is 0.341. The zero-order chi connectivity index (χ0) is 21.4. The Balaban J connectivity index is 1.84. The summed E-state index contributed by atoms with van der Waals surface area (Å²) in [7, 11) is 3.14. The fraction of sp³-hybridized carbons (Fsp3) is 0.227. The average Bonchev–Trinajstić information content (AvgIpc) is 3.08. The third-order valence-electron chi connectivity index (χ3n) is 5.02. The maximum Gasteiger partial charge on any atom is 0.332 e. The van der Waals surface area contributed by atoms with Gasteiger partial charge in [-0.3, -0.25) is 13.9 Å². The summed E-state index contributed by atoms with van der Waals surface area (Å²) in [6.45, 7) is 2.53. The molecule has 154 valence electrons. The van der Waals surface area contributed by atoms with Gasteiger partial charge in [0.25, 0.3) is 5.56 Å². The van der Waals surface area contributed by atoms with Crippen LogP contribution in [0.2, 0.25) is 5.02 Å². The molecule has 0 amide bonds. The van der Waals surface area contributed by atoms with Crippen LogP contribution in [-0.2, 0) is 26.4 Å². The molecule has 4 rings (SSSR count). The minimum atomic E-state index is -0.387. The van der Waals surface area contributed by atoms with E-state index in [4.69, 9.17) is 11.6 Å². The summed E-state index contributed by atoms with van der Waals surface area (Å²) in [5.74, 6) is 0.669. The molecule has 2 heterocycles. The molecule has 8 heteroatoms. The summed E-state index contributed by atoms with van der Waals surface area (Å²) in [6.07, 6.45) is 0. The van der Waals surface area contributed by atoms with Gasteiger partial charge in [0, 0.05) is 24.9 Å². The SMILES string of the molecule is Cc1cccc(Cn2c(SCc3ccc(Cl)cc3)nc3c2c(=O)n(C)c(=O)n3C)c1. The van der Waals surface area contributed by atoms with E-state index in [1.807, 2.05) is 54.0 Å². The van der Waals surface area contributed by atoms with Crippen molar-refractivity contribution in [3.05, 3.63) is 91.1 Å². The summed E-state index contributed by atoms with van der Waals surface area (Å²) in [4.78, 5) is 30.0. The number of thioether (sulfide) groups is 1. The molecule has 0 aliphatic carbocycles.